The van der Waals surface area contributed by atoms with E-state index in [4.69, 9.17) is 9.15 Å². The molecule has 2 heterocycles. The standard InChI is InChI=1S/C23H17BrFNO5/c1-30-18-8-7-14(11-17(18)25)21(27)19-20(13-4-2-5-15(24)10-13)26(23(29)22(19)28)12-16-6-3-9-31-16/h2-11,20,27H,12H2,1H3/t20-/m1/s1. The normalized spacial score (nSPS) is 17.9. The van der Waals surface area contributed by atoms with Gasteiger partial charge in [0.25, 0.3) is 11.7 Å². The Balaban J connectivity index is 1.87. The van der Waals surface area contributed by atoms with Gasteiger partial charge in [0.1, 0.15) is 11.5 Å². The fourth-order valence-electron chi connectivity index (χ4n) is 3.61. The molecule has 1 atom stereocenters. The van der Waals surface area contributed by atoms with E-state index in [9.17, 15) is 19.1 Å². The first-order valence-electron chi connectivity index (χ1n) is 9.31. The number of methoxy groups -OCH3 is 1. The fraction of sp³-hybridized carbons (Fsp3) is 0.130. The van der Waals surface area contributed by atoms with Gasteiger partial charge in [-0.2, -0.15) is 0 Å². The molecule has 0 bridgehead atoms. The molecule has 1 aliphatic rings. The van der Waals surface area contributed by atoms with Crippen LogP contribution >= 0.6 is 15.9 Å². The van der Waals surface area contributed by atoms with Crippen LogP contribution in [0.15, 0.2) is 75.3 Å². The molecule has 0 radical (unpaired) electrons. The summed E-state index contributed by atoms with van der Waals surface area (Å²) < 4.78 is 25.2. The lowest BCUT2D eigenvalue weighted by atomic mass is 9.95. The van der Waals surface area contributed by atoms with Crippen LogP contribution < -0.4 is 4.74 Å². The quantitative estimate of drug-likeness (QED) is 0.318. The number of aliphatic hydroxyl groups is 1. The van der Waals surface area contributed by atoms with Crippen LogP contribution in [0, 0.1) is 5.82 Å². The maximum atomic E-state index is 14.2. The number of nitrogens with zero attached hydrogens (tertiary/aromatic N) is 1. The summed E-state index contributed by atoms with van der Waals surface area (Å²) in [4.78, 5) is 27.2. The molecular weight excluding hydrogens is 469 g/mol. The van der Waals surface area contributed by atoms with Crippen LogP contribution in [0.1, 0.15) is 22.9 Å². The molecule has 0 unspecified atom stereocenters. The summed E-state index contributed by atoms with van der Waals surface area (Å²) in [5, 5.41) is 11.0. The molecule has 1 fully saturated rings. The van der Waals surface area contributed by atoms with E-state index in [1.165, 1.54) is 30.4 Å². The molecule has 1 N–H and O–H groups in total. The van der Waals surface area contributed by atoms with E-state index in [0.717, 1.165) is 10.5 Å². The number of carbonyl (C=O) groups is 2. The molecule has 158 valence electrons. The number of halogens is 2. The number of hydrogen-bond donors (Lipinski definition) is 1. The van der Waals surface area contributed by atoms with Gasteiger partial charge in [-0.05, 0) is 48.0 Å². The lowest BCUT2D eigenvalue weighted by Gasteiger charge is -2.24. The summed E-state index contributed by atoms with van der Waals surface area (Å²) in [6.07, 6.45) is 1.47. The number of ether oxygens (including phenoxy) is 1. The van der Waals surface area contributed by atoms with Crippen LogP contribution in [0.25, 0.3) is 5.76 Å². The molecule has 1 aromatic heterocycles. The third-order valence-electron chi connectivity index (χ3n) is 5.04. The Kier molecular flexibility index (Phi) is 5.65. The predicted octanol–water partition coefficient (Wildman–Crippen LogP) is 4.81. The fourth-order valence-corrected chi connectivity index (χ4v) is 4.02. The number of aliphatic hydroxyl groups excluding tert-OH is 1. The predicted molar refractivity (Wildman–Crippen MR) is 114 cm³/mol. The minimum absolute atomic E-state index is 0.00152. The zero-order chi connectivity index (χ0) is 22.1. The van der Waals surface area contributed by atoms with Crippen molar-refractivity contribution in [2.45, 2.75) is 12.6 Å². The number of Topliss-reactive ketones (excluding diaryl/α,β-unsaturated/α-hetero) is 1. The minimum atomic E-state index is -0.882. The van der Waals surface area contributed by atoms with Crippen LogP contribution in [0.2, 0.25) is 0 Å². The molecule has 1 amide bonds. The molecule has 0 spiro atoms. The van der Waals surface area contributed by atoms with E-state index < -0.39 is 29.3 Å². The Hall–Kier alpha value is -3.39. The summed E-state index contributed by atoms with van der Waals surface area (Å²) in [6.45, 7) is 0.0303. The summed E-state index contributed by atoms with van der Waals surface area (Å²) in [5.74, 6) is -2.32. The Morgan fingerprint density at radius 2 is 2.00 bits per heavy atom. The SMILES string of the molecule is COc1ccc(C(O)=C2C(=O)C(=O)N(Cc3ccco3)[C@@H]2c2cccc(Br)c2)cc1F. The number of furan rings is 1. The molecule has 8 heteroatoms. The molecule has 2 aromatic carbocycles. The van der Waals surface area contributed by atoms with Crippen LogP contribution in [0.4, 0.5) is 4.39 Å². The zero-order valence-corrected chi connectivity index (χ0v) is 17.9. The highest BCUT2D eigenvalue weighted by Crippen LogP contribution is 2.41. The van der Waals surface area contributed by atoms with Gasteiger partial charge in [-0.25, -0.2) is 4.39 Å². The van der Waals surface area contributed by atoms with E-state index in [-0.39, 0.29) is 23.4 Å². The number of carbonyl (C=O) groups excluding carboxylic acids is 2. The number of amides is 1. The van der Waals surface area contributed by atoms with Crippen molar-refractivity contribution in [3.05, 3.63) is 93.6 Å². The van der Waals surface area contributed by atoms with E-state index in [2.05, 4.69) is 15.9 Å². The van der Waals surface area contributed by atoms with Crippen molar-refractivity contribution in [2.24, 2.45) is 0 Å². The summed E-state index contributed by atoms with van der Waals surface area (Å²) in [5.41, 5.74) is 0.546. The monoisotopic (exact) mass is 485 g/mol. The van der Waals surface area contributed by atoms with Gasteiger partial charge < -0.3 is 19.2 Å². The minimum Gasteiger partial charge on any atom is -0.507 e. The lowest BCUT2D eigenvalue weighted by molar-refractivity contribution is -0.140. The molecular formula is C23H17BrFNO5. The van der Waals surface area contributed by atoms with E-state index in [1.807, 2.05) is 0 Å². The summed E-state index contributed by atoms with van der Waals surface area (Å²) in [7, 11) is 1.32. The maximum Gasteiger partial charge on any atom is 0.296 e. The second-order valence-electron chi connectivity index (χ2n) is 6.91. The summed E-state index contributed by atoms with van der Waals surface area (Å²) in [6, 6.07) is 13.4. The van der Waals surface area contributed by atoms with Crippen molar-refractivity contribution >= 4 is 33.4 Å². The topological polar surface area (TPSA) is 80.0 Å². The second-order valence-corrected chi connectivity index (χ2v) is 7.83. The number of benzene rings is 2. The van der Waals surface area contributed by atoms with E-state index in [1.54, 1.807) is 36.4 Å². The van der Waals surface area contributed by atoms with Crippen molar-refractivity contribution in [2.75, 3.05) is 7.11 Å². The van der Waals surface area contributed by atoms with Gasteiger partial charge in [-0.1, -0.05) is 28.1 Å². The van der Waals surface area contributed by atoms with Crippen LogP contribution in [-0.4, -0.2) is 28.8 Å². The first-order valence-corrected chi connectivity index (χ1v) is 10.1. The number of hydrogen-bond acceptors (Lipinski definition) is 5. The number of likely N-dealkylation sites (tertiary alicyclic amines) is 1. The molecule has 4 rings (SSSR count). The van der Waals surface area contributed by atoms with E-state index in [0.29, 0.717) is 11.3 Å². The lowest BCUT2D eigenvalue weighted by Crippen LogP contribution is -2.29. The van der Waals surface area contributed by atoms with Crippen LogP contribution in [0.3, 0.4) is 0 Å². The third-order valence-corrected chi connectivity index (χ3v) is 5.53. The Morgan fingerprint density at radius 3 is 2.65 bits per heavy atom. The third kappa shape index (κ3) is 3.86. The van der Waals surface area contributed by atoms with Gasteiger partial charge in [-0.3, -0.25) is 9.59 Å². The maximum absolute atomic E-state index is 14.2. The molecule has 3 aromatic rings. The Bertz CT molecular complexity index is 1190. The molecule has 1 aliphatic heterocycles. The zero-order valence-electron chi connectivity index (χ0n) is 16.3. The van der Waals surface area contributed by atoms with Gasteiger partial charge in [0.05, 0.1) is 31.5 Å². The first kappa shape index (κ1) is 20.9. The van der Waals surface area contributed by atoms with Crippen molar-refractivity contribution < 1.29 is 28.2 Å². The highest BCUT2D eigenvalue weighted by molar-refractivity contribution is 9.10. The van der Waals surface area contributed by atoms with Gasteiger partial charge in [0, 0.05) is 10.0 Å². The van der Waals surface area contributed by atoms with Crippen molar-refractivity contribution in [3.8, 4) is 5.75 Å². The van der Waals surface area contributed by atoms with Crippen molar-refractivity contribution in [1.29, 1.82) is 0 Å². The second kappa shape index (κ2) is 8.39. The van der Waals surface area contributed by atoms with Gasteiger partial charge in [0.2, 0.25) is 0 Å². The molecule has 1 saturated heterocycles. The molecule has 31 heavy (non-hydrogen) atoms. The Morgan fingerprint density at radius 1 is 1.19 bits per heavy atom. The number of rotatable bonds is 5. The Labute approximate surface area is 185 Å². The molecule has 6 nitrogen and oxygen atoms in total. The largest absolute Gasteiger partial charge is 0.507 e. The van der Waals surface area contributed by atoms with Crippen LogP contribution in [-0.2, 0) is 16.1 Å². The average molecular weight is 486 g/mol. The van der Waals surface area contributed by atoms with Crippen molar-refractivity contribution in [3.63, 3.8) is 0 Å². The van der Waals surface area contributed by atoms with Crippen molar-refractivity contribution in [1.82, 2.24) is 4.90 Å². The highest BCUT2D eigenvalue weighted by atomic mass is 79.9. The van der Waals surface area contributed by atoms with Gasteiger partial charge >= 0.3 is 0 Å². The highest BCUT2D eigenvalue weighted by Gasteiger charge is 2.46. The van der Waals surface area contributed by atoms with Crippen LogP contribution in [0.5, 0.6) is 5.75 Å². The molecule has 0 saturated carbocycles. The van der Waals surface area contributed by atoms with Gasteiger partial charge in [0.15, 0.2) is 11.6 Å². The van der Waals surface area contributed by atoms with E-state index >= 15 is 0 Å². The van der Waals surface area contributed by atoms with Gasteiger partial charge in [-0.15, -0.1) is 0 Å². The molecule has 0 aliphatic carbocycles. The summed E-state index contributed by atoms with van der Waals surface area (Å²) >= 11 is 3.40. The first-order chi connectivity index (χ1) is 14.9. The number of ketones is 1. The average Bonchev–Trinajstić information content (AvgIpc) is 3.35. The smallest absolute Gasteiger partial charge is 0.296 e.